The molecule has 3 heterocycles. The summed E-state index contributed by atoms with van der Waals surface area (Å²) in [5.74, 6) is -0.583. The predicted molar refractivity (Wildman–Crippen MR) is 106 cm³/mol. The van der Waals surface area contributed by atoms with E-state index in [1.165, 1.54) is 6.92 Å². The first-order valence-electron chi connectivity index (χ1n) is 8.60. The van der Waals surface area contributed by atoms with Crippen molar-refractivity contribution in [3.63, 3.8) is 0 Å². The summed E-state index contributed by atoms with van der Waals surface area (Å²) >= 11 is 12.9. The number of aliphatic hydroxyl groups excluding tert-OH is 1. The predicted octanol–water partition coefficient (Wildman–Crippen LogP) is 2.63. The number of hydrogen-bond acceptors (Lipinski definition) is 4. The molecule has 0 saturated heterocycles. The van der Waals surface area contributed by atoms with Gasteiger partial charge in [0.2, 0.25) is 11.8 Å². The van der Waals surface area contributed by atoms with Crippen LogP contribution in [-0.4, -0.2) is 49.7 Å². The van der Waals surface area contributed by atoms with Crippen molar-refractivity contribution in [2.24, 2.45) is 0 Å². The largest absolute Gasteiger partial charge is 0.387 e. The van der Waals surface area contributed by atoms with Crippen molar-refractivity contribution in [3.8, 4) is 11.1 Å². The van der Waals surface area contributed by atoms with Gasteiger partial charge in [-0.05, 0) is 6.07 Å². The Morgan fingerprint density at radius 3 is 2.79 bits per heavy atom. The highest BCUT2D eigenvalue weighted by Crippen LogP contribution is 2.46. The van der Waals surface area contributed by atoms with E-state index in [2.05, 4.69) is 15.5 Å². The molecule has 0 bridgehead atoms. The molecule has 2 amide bonds. The molecule has 8 nitrogen and oxygen atoms in total. The molecule has 0 fully saturated rings. The van der Waals surface area contributed by atoms with Crippen molar-refractivity contribution in [3.05, 3.63) is 34.2 Å². The Balaban J connectivity index is 2.07. The van der Waals surface area contributed by atoms with E-state index in [9.17, 15) is 9.59 Å². The maximum atomic E-state index is 12.0. The quantitative estimate of drug-likeness (QED) is 0.604. The molecule has 28 heavy (non-hydrogen) atoms. The number of nitrogens with one attached hydrogen (secondary N) is 2. The van der Waals surface area contributed by atoms with Gasteiger partial charge in [0.05, 0.1) is 34.0 Å². The molecule has 0 aliphatic carbocycles. The molecule has 1 aliphatic heterocycles. The SMILES string of the molecule is CC(=O)N1CCn2c(c(-c3cn[nH]c3)c3c(NC(=O)CO)cc(Cl)c(Cl)c32)C1. The van der Waals surface area contributed by atoms with E-state index in [0.717, 1.165) is 16.8 Å². The van der Waals surface area contributed by atoms with Crippen molar-refractivity contribution in [2.75, 3.05) is 18.5 Å². The summed E-state index contributed by atoms with van der Waals surface area (Å²) in [5, 5.41) is 20.0. The van der Waals surface area contributed by atoms with Crippen LogP contribution >= 0.6 is 23.2 Å². The van der Waals surface area contributed by atoms with E-state index >= 15 is 0 Å². The minimum absolute atomic E-state index is 0.0208. The first kappa shape index (κ1) is 18.8. The van der Waals surface area contributed by atoms with Gasteiger partial charge in [0, 0.05) is 48.4 Å². The number of fused-ring (bicyclic) bond motifs is 3. The van der Waals surface area contributed by atoms with Crippen molar-refractivity contribution in [1.29, 1.82) is 0 Å². The summed E-state index contributed by atoms with van der Waals surface area (Å²) < 4.78 is 2.03. The molecular formula is C18H17Cl2N5O3. The lowest BCUT2D eigenvalue weighted by atomic mass is 10.0. The molecule has 3 N–H and O–H groups in total. The Morgan fingerprint density at radius 2 is 2.14 bits per heavy atom. The highest BCUT2D eigenvalue weighted by Gasteiger charge is 2.29. The molecule has 10 heteroatoms. The lowest BCUT2D eigenvalue weighted by Gasteiger charge is -2.29. The number of carbonyl (C=O) groups excluding carboxylic acids is 2. The first-order valence-corrected chi connectivity index (χ1v) is 9.36. The second kappa shape index (κ2) is 7.12. The van der Waals surface area contributed by atoms with Crippen LogP contribution in [0, 0.1) is 0 Å². The summed E-state index contributed by atoms with van der Waals surface area (Å²) in [5.41, 5.74) is 3.60. The van der Waals surface area contributed by atoms with Crippen molar-refractivity contribution >= 4 is 51.6 Å². The van der Waals surface area contributed by atoms with Gasteiger partial charge in [0.15, 0.2) is 0 Å². The summed E-state index contributed by atoms with van der Waals surface area (Å²) in [6.45, 7) is 2.35. The van der Waals surface area contributed by atoms with Crippen LogP contribution in [0.15, 0.2) is 18.5 Å². The van der Waals surface area contributed by atoms with Crippen LogP contribution in [0.1, 0.15) is 12.6 Å². The topological polar surface area (TPSA) is 103 Å². The van der Waals surface area contributed by atoms with Crippen LogP contribution in [0.25, 0.3) is 22.0 Å². The zero-order valence-electron chi connectivity index (χ0n) is 14.9. The van der Waals surface area contributed by atoms with Gasteiger partial charge >= 0.3 is 0 Å². The molecule has 0 unspecified atom stereocenters. The lowest BCUT2D eigenvalue weighted by Crippen LogP contribution is -2.36. The number of rotatable bonds is 3. The molecule has 0 radical (unpaired) electrons. The van der Waals surface area contributed by atoms with Gasteiger partial charge in [-0.1, -0.05) is 23.2 Å². The molecular weight excluding hydrogens is 405 g/mol. The normalized spacial score (nSPS) is 13.6. The third-order valence-electron chi connectivity index (χ3n) is 4.91. The molecule has 2 aromatic heterocycles. The number of H-pyrrole nitrogens is 1. The van der Waals surface area contributed by atoms with Gasteiger partial charge in [0.1, 0.15) is 6.61 Å². The van der Waals surface area contributed by atoms with E-state index in [-0.39, 0.29) is 10.9 Å². The summed E-state index contributed by atoms with van der Waals surface area (Å²) in [6, 6.07) is 1.57. The number of nitrogens with zero attached hydrogens (tertiary/aromatic N) is 3. The van der Waals surface area contributed by atoms with Crippen molar-refractivity contribution in [2.45, 2.75) is 20.0 Å². The van der Waals surface area contributed by atoms with Crippen LogP contribution < -0.4 is 5.32 Å². The minimum Gasteiger partial charge on any atom is -0.387 e. The third-order valence-corrected chi connectivity index (χ3v) is 5.69. The van der Waals surface area contributed by atoms with Gasteiger partial charge in [-0.25, -0.2) is 0 Å². The number of aromatic nitrogens is 3. The smallest absolute Gasteiger partial charge is 0.250 e. The highest BCUT2D eigenvalue weighted by molar-refractivity contribution is 6.46. The number of aromatic amines is 1. The monoisotopic (exact) mass is 421 g/mol. The number of halogens is 2. The Hall–Kier alpha value is -2.55. The van der Waals surface area contributed by atoms with E-state index in [0.29, 0.717) is 41.2 Å². The Labute approximate surface area is 170 Å². The average Bonchev–Trinajstić information content (AvgIpc) is 3.30. The molecule has 1 aliphatic rings. The number of aliphatic hydroxyl groups is 1. The zero-order valence-corrected chi connectivity index (χ0v) is 16.4. The van der Waals surface area contributed by atoms with Gasteiger partial charge < -0.3 is 19.9 Å². The molecule has 0 saturated carbocycles. The highest BCUT2D eigenvalue weighted by atomic mass is 35.5. The number of hydrogen-bond donors (Lipinski definition) is 3. The fourth-order valence-electron chi connectivity index (χ4n) is 3.68. The Kier molecular flexibility index (Phi) is 4.78. The number of benzene rings is 1. The van der Waals surface area contributed by atoms with Crippen LogP contribution in [0.3, 0.4) is 0 Å². The maximum absolute atomic E-state index is 12.0. The van der Waals surface area contributed by atoms with Crippen LogP contribution in [0.2, 0.25) is 10.0 Å². The van der Waals surface area contributed by atoms with Crippen molar-refractivity contribution in [1.82, 2.24) is 19.7 Å². The molecule has 4 rings (SSSR count). The van der Waals surface area contributed by atoms with E-state index in [1.807, 2.05) is 4.57 Å². The number of amides is 2. The van der Waals surface area contributed by atoms with Crippen LogP contribution in [0.4, 0.5) is 5.69 Å². The maximum Gasteiger partial charge on any atom is 0.250 e. The number of carbonyl (C=O) groups is 2. The molecule has 3 aromatic rings. The van der Waals surface area contributed by atoms with E-state index < -0.39 is 12.5 Å². The standard InChI is InChI=1S/C18H17Cl2N5O3/c1-9(27)24-2-3-25-13(7-24)15(10-5-21-22-6-10)16-12(23-14(28)8-26)4-11(19)17(20)18(16)25/h4-6,26H,2-3,7-8H2,1H3,(H,21,22)(H,23,28). The minimum atomic E-state index is -0.658. The van der Waals surface area contributed by atoms with Gasteiger partial charge in [-0.3, -0.25) is 14.7 Å². The Morgan fingerprint density at radius 1 is 1.36 bits per heavy atom. The molecule has 0 spiro atoms. The second-order valence-electron chi connectivity index (χ2n) is 6.55. The Bertz CT molecular complexity index is 1090. The third kappa shape index (κ3) is 2.94. The van der Waals surface area contributed by atoms with Gasteiger partial charge in [-0.15, -0.1) is 0 Å². The molecule has 0 atom stereocenters. The van der Waals surface area contributed by atoms with Crippen LogP contribution in [-0.2, 0) is 22.7 Å². The number of anilines is 1. The van der Waals surface area contributed by atoms with E-state index in [1.54, 1.807) is 23.4 Å². The summed E-state index contributed by atoms with van der Waals surface area (Å²) in [6.07, 6.45) is 3.41. The molecule has 1 aromatic carbocycles. The van der Waals surface area contributed by atoms with Gasteiger partial charge in [0.25, 0.3) is 0 Å². The fraction of sp³-hybridized carbons (Fsp3) is 0.278. The molecule has 146 valence electrons. The van der Waals surface area contributed by atoms with Crippen molar-refractivity contribution < 1.29 is 14.7 Å². The van der Waals surface area contributed by atoms with Crippen LogP contribution in [0.5, 0.6) is 0 Å². The lowest BCUT2D eigenvalue weighted by molar-refractivity contribution is -0.130. The average molecular weight is 422 g/mol. The zero-order chi connectivity index (χ0) is 20.0. The van der Waals surface area contributed by atoms with Gasteiger partial charge in [-0.2, -0.15) is 5.10 Å². The van der Waals surface area contributed by atoms with E-state index in [4.69, 9.17) is 28.3 Å². The summed E-state index contributed by atoms with van der Waals surface area (Å²) in [7, 11) is 0. The fourth-order valence-corrected chi connectivity index (χ4v) is 4.13. The second-order valence-corrected chi connectivity index (χ2v) is 7.34. The summed E-state index contributed by atoms with van der Waals surface area (Å²) in [4.78, 5) is 25.6. The first-order chi connectivity index (χ1) is 13.4.